The van der Waals surface area contributed by atoms with Crippen molar-refractivity contribution in [1.29, 1.82) is 0 Å². The molecule has 0 aromatic rings. The average molecular weight is 158 g/mol. The smallest absolute Gasteiger partial charge is 0.106 e. The zero-order valence-corrected chi connectivity index (χ0v) is 9.65. The fourth-order valence-corrected chi connectivity index (χ4v) is 0.866. The van der Waals surface area contributed by atoms with Crippen molar-refractivity contribution in [2.75, 3.05) is 0 Å². The maximum Gasteiger partial charge on any atom is 0.198 e. The quantitative estimate of drug-likeness (QED) is 0.542. The van der Waals surface area contributed by atoms with Crippen LogP contribution in [0.15, 0.2) is 0 Å². The van der Waals surface area contributed by atoms with Crippen LogP contribution in [0.4, 0.5) is 0 Å². The van der Waals surface area contributed by atoms with E-state index in [4.69, 9.17) is 0 Å². The van der Waals surface area contributed by atoms with Crippen molar-refractivity contribution >= 4 is 24.0 Å². The van der Waals surface area contributed by atoms with Gasteiger partial charge in [-0.05, 0) is 0 Å². The lowest BCUT2D eigenvalue weighted by Crippen LogP contribution is -1.84. The third-order valence-corrected chi connectivity index (χ3v) is 1.73. The summed E-state index contributed by atoms with van der Waals surface area (Å²) in [5, 5.41) is 2.85. The van der Waals surface area contributed by atoms with Crippen LogP contribution in [-0.2, 0) is 0 Å². The van der Waals surface area contributed by atoms with Crippen LogP contribution < -0.4 is 0 Å². The van der Waals surface area contributed by atoms with Gasteiger partial charge in [-0.3, -0.25) is 0 Å². The van der Waals surface area contributed by atoms with E-state index >= 15 is 0 Å². The molecule has 0 spiro atoms. The summed E-state index contributed by atoms with van der Waals surface area (Å²) in [5.74, 6) is 0. The molecule has 0 fully saturated rings. The molecular weight excluding hydrogens is 139 g/mol. The number of hydrogen-bond acceptors (Lipinski definition) is 0. The fourth-order valence-electron chi connectivity index (χ4n) is 0.289. The van der Waals surface area contributed by atoms with E-state index in [2.05, 4.69) is 33.5 Å². The summed E-state index contributed by atoms with van der Waals surface area (Å²) < 4.78 is 0. The van der Waals surface area contributed by atoms with Crippen LogP contribution in [0.25, 0.3) is 0 Å². The van der Waals surface area contributed by atoms with Crippen molar-refractivity contribution in [3.05, 3.63) is 0 Å². The molecule has 0 amide bonds. The molecule has 0 saturated heterocycles. The highest BCUT2D eigenvalue weighted by Crippen LogP contribution is 1.77. The molecule has 0 rings (SSSR count). The first-order valence-corrected chi connectivity index (χ1v) is 8.36. The van der Waals surface area contributed by atoms with Crippen LogP contribution in [0.5, 0.6) is 0 Å². The minimum Gasteiger partial charge on any atom is -0.106 e. The van der Waals surface area contributed by atoms with E-state index in [1.165, 1.54) is 10.6 Å². The van der Waals surface area contributed by atoms with Gasteiger partial charge >= 0.3 is 0 Å². The first-order chi connectivity index (χ1) is 4.15. The van der Waals surface area contributed by atoms with Gasteiger partial charge in [-0.1, -0.05) is 33.5 Å². The van der Waals surface area contributed by atoms with Crippen molar-refractivity contribution in [2.24, 2.45) is 0 Å². The van der Waals surface area contributed by atoms with Gasteiger partial charge in [0.05, 0.1) is 0 Å². The standard InChI is InChI=1S/C3H9Si.2C2H5.Al/c1-4(2)3;2*1-2;/h1-3H3;2*1H2,2H3;. The Morgan fingerprint density at radius 3 is 1.22 bits per heavy atom. The van der Waals surface area contributed by atoms with Crippen molar-refractivity contribution < 1.29 is 0 Å². The van der Waals surface area contributed by atoms with Crippen LogP contribution >= 0.6 is 0 Å². The van der Waals surface area contributed by atoms with Crippen LogP contribution in [0.1, 0.15) is 13.8 Å². The molecule has 0 nitrogen and oxygen atoms in total. The highest BCUT2D eigenvalue weighted by atomic mass is 28.3. The minimum absolute atomic E-state index is 0.120. The van der Waals surface area contributed by atoms with Crippen molar-refractivity contribution in [2.45, 2.75) is 44.1 Å². The van der Waals surface area contributed by atoms with Gasteiger partial charge in [-0.2, -0.15) is 0 Å². The lowest BCUT2D eigenvalue weighted by molar-refractivity contribution is 1.36. The van der Waals surface area contributed by atoms with E-state index in [-0.39, 0.29) is 8.80 Å². The van der Waals surface area contributed by atoms with Gasteiger partial charge in [0, 0.05) is 8.80 Å². The van der Waals surface area contributed by atoms with E-state index < -0.39 is 0 Å². The van der Waals surface area contributed by atoms with Gasteiger partial charge in [0.25, 0.3) is 0 Å². The molecule has 0 aliphatic heterocycles. The lowest BCUT2D eigenvalue weighted by atomic mass is 10.9. The molecule has 0 aromatic carbocycles. The predicted molar refractivity (Wildman–Crippen MR) is 50.1 cm³/mol. The molecule has 0 heterocycles. The van der Waals surface area contributed by atoms with E-state index in [0.29, 0.717) is 0 Å². The van der Waals surface area contributed by atoms with E-state index in [0.717, 1.165) is 15.2 Å². The topological polar surface area (TPSA) is 0 Å². The second-order valence-corrected chi connectivity index (χ2v) is 7.82. The van der Waals surface area contributed by atoms with Crippen LogP contribution in [-0.4, -0.2) is 24.0 Å². The minimum atomic E-state index is 0.120. The molecule has 0 N–H and O–H groups in total. The summed E-state index contributed by atoms with van der Waals surface area (Å²) in [4.78, 5) is 0. The van der Waals surface area contributed by atoms with Gasteiger partial charge in [-0.25, -0.2) is 0 Å². The van der Waals surface area contributed by atoms with E-state index in [9.17, 15) is 0 Å². The molecule has 2 radical (unpaired) electrons. The Morgan fingerprint density at radius 1 is 1.00 bits per heavy atom. The lowest BCUT2D eigenvalue weighted by Gasteiger charge is -1.75. The second-order valence-electron chi connectivity index (χ2n) is 2.61. The maximum atomic E-state index is 2.27. The number of hydrogen-bond donors (Lipinski definition) is 0. The predicted octanol–water partition coefficient (Wildman–Crippen LogP) is 2.94. The summed E-state index contributed by atoms with van der Waals surface area (Å²) in [6, 6.07) is 0. The number of rotatable bonds is 2. The molecule has 0 bridgehead atoms. The molecule has 0 unspecified atom stereocenters. The summed E-state index contributed by atoms with van der Waals surface area (Å²) >= 11 is 0.815. The van der Waals surface area contributed by atoms with Crippen molar-refractivity contribution in [3.63, 3.8) is 0 Å². The molecule has 2 heteroatoms. The summed E-state index contributed by atoms with van der Waals surface area (Å²) in [5.41, 5.74) is 0. The fraction of sp³-hybridized carbons (Fsp3) is 1.00. The first kappa shape index (κ1) is 12.4. The third kappa shape index (κ3) is 52.7. The highest BCUT2D eigenvalue weighted by Gasteiger charge is 1.74. The highest BCUT2D eigenvalue weighted by molar-refractivity contribution is 6.54. The largest absolute Gasteiger partial charge is 0.198 e. The van der Waals surface area contributed by atoms with Gasteiger partial charge in [0.15, 0.2) is 15.2 Å². The molecule has 0 aliphatic carbocycles. The molecule has 0 atom stereocenters. The monoisotopic (exact) mass is 158 g/mol. The van der Waals surface area contributed by atoms with E-state index in [1.807, 2.05) is 0 Å². The average Bonchev–Trinajstić information content (AvgIpc) is 1.66. The van der Waals surface area contributed by atoms with Crippen molar-refractivity contribution in [1.82, 2.24) is 0 Å². The first-order valence-electron chi connectivity index (χ1n) is 3.73. The van der Waals surface area contributed by atoms with Crippen molar-refractivity contribution in [3.8, 4) is 0 Å². The summed E-state index contributed by atoms with van der Waals surface area (Å²) in [6.07, 6.45) is 0. The van der Waals surface area contributed by atoms with Gasteiger partial charge < -0.3 is 0 Å². The van der Waals surface area contributed by atoms with Crippen LogP contribution in [0.2, 0.25) is 30.2 Å². The normalized spacial score (nSPS) is 8.22. The molecule has 0 aromatic heterocycles. The Labute approximate surface area is 68.4 Å². The Bertz CT molecular complexity index is 33.1. The van der Waals surface area contributed by atoms with Crippen LogP contribution in [0, 0.1) is 0 Å². The zero-order valence-electron chi connectivity index (χ0n) is 7.49. The van der Waals surface area contributed by atoms with Crippen LogP contribution in [0.3, 0.4) is 0 Å². The van der Waals surface area contributed by atoms with Gasteiger partial charge in [0.1, 0.15) is 0 Å². The Balaban J connectivity index is 0. The second kappa shape index (κ2) is 11.5. The Morgan fingerprint density at radius 2 is 1.22 bits per heavy atom. The summed E-state index contributed by atoms with van der Waals surface area (Å²) in [6.45, 7) is 11.3. The van der Waals surface area contributed by atoms with E-state index in [1.54, 1.807) is 0 Å². The molecule has 0 aliphatic rings. The Kier molecular flexibility index (Phi) is 15.9. The molecule has 0 saturated carbocycles. The SMILES string of the molecule is C[CH2][Al][CH2]C.C[Si](C)C. The van der Waals surface area contributed by atoms with Gasteiger partial charge in [0.2, 0.25) is 0 Å². The third-order valence-electron chi connectivity index (χ3n) is 0.577. The molecule has 54 valence electrons. The maximum absolute atomic E-state index is 2.27. The van der Waals surface area contributed by atoms with Gasteiger partial charge in [-0.15, -0.1) is 10.6 Å². The summed E-state index contributed by atoms with van der Waals surface area (Å²) in [7, 11) is 0.120. The molecular formula is C7H19AlSi. The molecule has 9 heavy (non-hydrogen) atoms. The Hall–Kier alpha value is 0.749. The zero-order chi connectivity index (χ0) is 7.70.